The van der Waals surface area contributed by atoms with Gasteiger partial charge in [-0.05, 0) is 50.1 Å². The predicted octanol–water partition coefficient (Wildman–Crippen LogP) is 2.94. The van der Waals surface area contributed by atoms with Crippen molar-refractivity contribution in [2.24, 2.45) is 5.92 Å². The van der Waals surface area contributed by atoms with E-state index >= 15 is 0 Å². The number of nitrogens with one attached hydrogen (secondary N) is 2. The summed E-state index contributed by atoms with van der Waals surface area (Å²) >= 11 is 0. The van der Waals surface area contributed by atoms with E-state index in [9.17, 15) is 18.0 Å². The number of hydrogen-bond donors (Lipinski definition) is 2. The highest BCUT2D eigenvalue weighted by Crippen LogP contribution is 2.25. The molecule has 0 radical (unpaired) electrons. The van der Waals surface area contributed by atoms with Gasteiger partial charge in [0.2, 0.25) is 5.91 Å². The third-order valence-electron chi connectivity index (χ3n) is 5.45. The number of hydrogen-bond acceptors (Lipinski definition) is 4. The molecule has 166 valence electrons. The van der Waals surface area contributed by atoms with Crippen molar-refractivity contribution >= 4 is 27.5 Å². The Morgan fingerprint density at radius 1 is 0.968 bits per heavy atom. The van der Waals surface area contributed by atoms with Gasteiger partial charge in [0.25, 0.3) is 15.9 Å². The minimum absolute atomic E-state index is 0.0420. The average Bonchev–Trinajstić information content (AvgIpc) is 3.33. The van der Waals surface area contributed by atoms with Crippen molar-refractivity contribution in [1.82, 2.24) is 10.6 Å². The minimum atomic E-state index is -3.81. The lowest BCUT2D eigenvalue weighted by atomic mass is 10.1. The number of amides is 2. The number of sulfonamides is 1. The van der Waals surface area contributed by atoms with Gasteiger partial charge in [0.05, 0.1) is 10.6 Å². The van der Waals surface area contributed by atoms with Crippen LogP contribution in [0.25, 0.3) is 0 Å². The Kier molecular flexibility index (Phi) is 7.68. The fourth-order valence-corrected chi connectivity index (χ4v) is 5.33. The SMILES string of the molecule is CCN(c1ccccc1)S(=O)(=O)c1cccc(C(=O)NCCNC(=O)C2CCCC2)c1. The maximum atomic E-state index is 13.1. The molecule has 1 fully saturated rings. The lowest BCUT2D eigenvalue weighted by Crippen LogP contribution is -2.37. The van der Waals surface area contributed by atoms with E-state index in [1.165, 1.54) is 16.4 Å². The molecule has 0 aromatic heterocycles. The maximum absolute atomic E-state index is 13.1. The summed E-state index contributed by atoms with van der Waals surface area (Å²) in [6.45, 7) is 2.65. The first-order chi connectivity index (χ1) is 14.9. The summed E-state index contributed by atoms with van der Waals surface area (Å²) in [5.41, 5.74) is 0.824. The number of carbonyl (C=O) groups excluding carboxylic acids is 2. The van der Waals surface area contributed by atoms with Gasteiger partial charge in [-0.25, -0.2) is 8.42 Å². The lowest BCUT2D eigenvalue weighted by Gasteiger charge is -2.23. The van der Waals surface area contributed by atoms with Gasteiger partial charge in [0, 0.05) is 31.1 Å². The van der Waals surface area contributed by atoms with Crippen molar-refractivity contribution in [3.05, 3.63) is 60.2 Å². The minimum Gasteiger partial charge on any atom is -0.354 e. The fourth-order valence-electron chi connectivity index (χ4n) is 3.81. The molecule has 0 saturated heterocycles. The molecule has 7 nitrogen and oxygen atoms in total. The first-order valence-electron chi connectivity index (χ1n) is 10.7. The van der Waals surface area contributed by atoms with Crippen molar-refractivity contribution in [1.29, 1.82) is 0 Å². The van der Waals surface area contributed by atoms with Crippen LogP contribution in [-0.4, -0.2) is 39.9 Å². The van der Waals surface area contributed by atoms with Gasteiger partial charge in [-0.15, -0.1) is 0 Å². The monoisotopic (exact) mass is 443 g/mol. The summed E-state index contributed by atoms with van der Waals surface area (Å²) < 4.78 is 27.6. The zero-order valence-electron chi connectivity index (χ0n) is 17.7. The quantitative estimate of drug-likeness (QED) is 0.583. The second-order valence-electron chi connectivity index (χ2n) is 7.56. The molecule has 2 amide bonds. The topological polar surface area (TPSA) is 95.6 Å². The predicted molar refractivity (Wildman–Crippen MR) is 120 cm³/mol. The van der Waals surface area contributed by atoms with Crippen molar-refractivity contribution in [3.8, 4) is 0 Å². The van der Waals surface area contributed by atoms with Crippen LogP contribution in [0.5, 0.6) is 0 Å². The summed E-state index contributed by atoms with van der Waals surface area (Å²) in [4.78, 5) is 24.6. The fraction of sp³-hybridized carbons (Fsp3) is 0.391. The summed E-state index contributed by atoms with van der Waals surface area (Å²) in [5, 5.41) is 5.59. The van der Waals surface area contributed by atoms with E-state index in [0.717, 1.165) is 25.7 Å². The first kappa shape index (κ1) is 22.8. The Morgan fingerprint density at radius 3 is 2.32 bits per heavy atom. The van der Waals surface area contributed by atoms with Gasteiger partial charge in [0.15, 0.2) is 0 Å². The molecule has 1 aliphatic carbocycles. The number of benzene rings is 2. The number of rotatable bonds is 9. The van der Waals surface area contributed by atoms with E-state index in [0.29, 0.717) is 12.2 Å². The van der Waals surface area contributed by atoms with E-state index in [1.54, 1.807) is 43.3 Å². The normalized spacial score (nSPS) is 14.2. The van der Waals surface area contributed by atoms with Crippen molar-refractivity contribution < 1.29 is 18.0 Å². The first-order valence-corrected chi connectivity index (χ1v) is 12.1. The van der Waals surface area contributed by atoms with E-state index in [4.69, 9.17) is 0 Å². The van der Waals surface area contributed by atoms with Crippen LogP contribution in [0.2, 0.25) is 0 Å². The lowest BCUT2D eigenvalue weighted by molar-refractivity contribution is -0.124. The van der Waals surface area contributed by atoms with Crippen LogP contribution in [0.4, 0.5) is 5.69 Å². The Morgan fingerprint density at radius 2 is 1.65 bits per heavy atom. The maximum Gasteiger partial charge on any atom is 0.264 e. The Balaban J connectivity index is 1.62. The Labute approximate surface area is 183 Å². The van der Waals surface area contributed by atoms with Gasteiger partial charge in [-0.3, -0.25) is 13.9 Å². The molecule has 1 saturated carbocycles. The molecule has 0 heterocycles. The molecular weight excluding hydrogens is 414 g/mol. The van der Waals surface area contributed by atoms with Gasteiger partial charge < -0.3 is 10.6 Å². The summed E-state index contributed by atoms with van der Waals surface area (Å²) in [5.74, 6) is -0.251. The average molecular weight is 444 g/mol. The van der Waals surface area contributed by atoms with Crippen LogP contribution in [0.1, 0.15) is 43.0 Å². The van der Waals surface area contributed by atoms with Crippen LogP contribution in [0.3, 0.4) is 0 Å². The second-order valence-corrected chi connectivity index (χ2v) is 9.42. The Bertz CT molecular complexity index is 1000. The number of nitrogens with zero attached hydrogens (tertiary/aromatic N) is 1. The molecule has 0 aliphatic heterocycles. The summed E-state index contributed by atoms with van der Waals surface area (Å²) in [6.07, 6.45) is 4.04. The largest absolute Gasteiger partial charge is 0.354 e. The molecule has 1 aliphatic rings. The molecule has 2 aromatic rings. The smallest absolute Gasteiger partial charge is 0.264 e. The van der Waals surface area contributed by atoms with E-state index < -0.39 is 10.0 Å². The van der Waals surface area contributed by atoms with Gasteiger partial charge >= 0.3 is 0 Å². The second kappa shape index (κ2) is 10.4. The van der Waals surface area contributed by atoms with Crippen LogP contribution >= 0.6 is 0 Å². The third kappa shape index (κ3) is 5.64. The zero-order chi connectivity index (χ0) is 22.3. The Hall–Kier alpha value is -2.87. The molecule has 0 atom stereocenters. The standard InChI is InChI=1S/C23H29N3O4S/c1-2-26(20-12-4-3-5-13-20)31(29,30)21-14-8-11-19(17-21)23(28)25-16-15-24-22(27)18-9-6-7-10-18/h3-5,8,11-14,17-18H,2,6-7,9-10,15-16H2,1H3,(H,24,27)(H,25,28). The molecule has 3 rings (SSSR count). The van der Waals surface area contributed by atoms with Gasteiger partial charge in [-0.2, -0.15) is 0 Å². The van der Waals surface area contributed by atoms with Crippen LogP contribution in [0, 0.1) is 5.92 Å². The molecule has 8 heteroatoms. The van der Waals surface area contributed by atoms with E-state index in [1.807, 2.05) is 6.07 Å². The van der Waals surface area contributed by atoms with E-state index in [-0.39, 0.29) is 41.3 Å². The van der Waals surface area contributed by atoms with Crippen molar-refractivity contribution in [2.45, 2.75) is 37.5 Å². The molecule has 31 heavy (non-hydrogen) atoms. The highest BCUT2D eigenvalue weighted by atomic mass is 32.2. The number of para-hydroxylation sites is 1. The molecule has 0 unspecified atom stereocenters. The highest BCUT2D eigenvalue weighted by Gasteiger charge is 2.25. The van der Waals surface area contributed by atoms with Gasteiger partial charge in [-0.1, -0.05) is 37.1 Å². The van der Waals surface area contributed by atoms with Crippen LogP contribution in [0.15, 0.2) is 59.5 Å². The van der Waals surface area contributed by atoms with E-state index in [2.05, 4.69) is 10.6 Å². The van der Waals surface area contributed by atoms with Crippen LogP contribution < -0.4 is 14.9 Å². The van der Waals surface area contributed by atoms with Gasteiger partial charge in [0.1, 0.15) is 0 Å². The number of carbonyl (C=O) groups is 2. The molecule has 0 spiro atoms. The zero-order valence-corrected chi connectivity index (χ0v) is 18.5. The van der Waals surface area contributed by atoms with Crippen LogP contribution in [-0.2, 0) is 14.8 Å². The molecular formula is C23H29N3O4S. The third-order valence-corrected chi connectivity index (χ3v) is 7.35. The van der Waals surface area contributed by atoms with Crippen molar-refractivity contribution in [2.75, 3.05) is 23.9 Å². The molecule has 2 aromatic carbocycles. The molecule has 2 N–H and O–H groups in total. The summed E-state index contributed by atoms with van der Waals surface area (Å²) in [6, 6.07) is 14.9. The highest BCUT2D eigenvalue weighted by molar-refractivity contribution is 7.92. The number of anilines is 1. The molecule has 0 bridgehead atoms. The summed E-state index contributed by atoms with van der Waals surface area (Å²) in [7, 11) is -3.81. The van der Waals surface area contributed by atoms with Crippen molar-refractivity contribution in [3.63, 3.8) is 0 Å².